The summed E-state index contributed by atoms with van der Waals surface area (Å²) in [4.78, 5) is 52.0. The van der Waals surface area contributed by atoms with Crippen LogP contribution in [0, 0.1) is 13.8 Å². The second-order valence-electron chi connectivity index (χ2n) is 9.91. The first-order valence-corrected chi connectivity index (χ1v) is 12.2. The molecule has 0 saturated heterocycles. The van der Waals surface area contributed by atoms with Gasteiger partial charge < -0.3 is 26.0 Å². The molecule has 1 rings (SSSR count). The van der Waals surface area contributed by atoms with Gasteiger partial charge in [-0.25, -0.2) is 4.79 Å². The van der Waals surface area contributed by atoms with Gasteiger partial charge in [0.1, 0.15) is 17.7 Å². The zero-order valence-electron chi connectivity index (χ0n) is 22.2. The summed E-state index contributed by atoms with van der Waals surface area (Å²) in [6.07, 6.45) is 1.92. The van der Waals surface area contributed by atoms with Gasteiger partial charge in [-0.15, -0.1) is 0 Å². The standard InChI is InChI=1S/C26H42N4O5/c1-8-9-10-15-28-23(32)22(19-12-11-17(2)16-18(19)3)30(7)24(33)20(13-14-21(27)31)29-25(34)35-26(4,5)6/h11-12,16,20,22H,8-10,13-15H2,1-7H3,(H2,27,31)(H,28,32)(H,29,34). The van der Waals surface area contributed by atoms with Gasteiger partial charge in [0.05, 0.1) is 0 Å². The van der Waals surface area contributed by atoms with Crippen molar-refractivity contribution in [3.05, 3.63) is 34.9 Å². The van der Waals surface area contributed by atoms with E-state index >= 15 is 0 Å². The molecule has 2 atom stereocenters. The number of primary amides is 1. The first kappa shape index (κ1) is 29.9. The van der Waals surface area contributed by atoms with E-state index in [9.17, 15) is 19.2 Å². The van der Waals surface area contributed by atoms with Crippen LogP contribution < -0.4 is 16.4 Å². The summed E-state index contributed by atoms with van der Waals surface area (Å²) in [5.41, 5.74) is 7.11. The smallest absolute Gasteiger partial charge is 0.408 e. The number of likely N-dealkylation sites (N-methyl/N-ethyl adjacent to an activating group) is 1. The number of unbranched alkanes of at least 4 members (excludes halogenated alkanes) is 2. The zero-order valence-corrected chi connectivity index (χ0v) is 22.2. The van der Waals surface area contributed by atoms with Crippen LogP contribution in [0.1, 0.15) is 82.5 Å². The molecule has 1 aromatic carbocycles. The van der Waals surface area contributed by atoms with Gasteiger partial charge in [0.2, 0.25) is 17.7 Å². The van der Waals surface area contributed by atoms with E-state index in [0.29, 0.717) is 12.1 Å². The number of aryl methyl sites for hydroxylation is 2. The molecule has 9 nitrogen and oxygen atoms in total. The van der Waals surface area contributed by atoms with Gasteiger partial charge >= 0.3 is 6.09 Å². The highest BCUT2D eigenvalue weighted by Gasteiger charge is 2.34. The van der Waals surface area contributed by atoms with Crippen LogP contribution in [0.25, 0.3) is 0 Å². The fourth-order valence-electron chi connectivity index (χ4n) is 3.71. The lowest BCUT2D eigenvalue weighted by Gasteiger charge is -2.32. The number of amides is 4. The highest BCUT2D eigenvalue weighted by molar-refractivity contribution is 5.92. The number of ether oxygens (including phenoxy) is 1. The van der Waals surface area contributed by atoms with Crippen molar-refractivity contribution in [2.45, 2.75) is 91.3 Å². The van der Waals surface area contributed by atoms with Crippen LogP contribution in [0.4, 0.5) is 4.79 Å². The Hall–Kier alpha value is -3.10. The molecule has 0 bridgehead atoms. The van der Waals surface area contributed by atoms with Crippen molar-refractivity contribution < 1.29 is 23.9 Å². The molecule has 196 valence electrons. The summed E-state index contributed by atoms with van der Waals surface area (Å²) >= 11 is 0. The number of alkyl carbamates (subject to hydrolysis) is 1. The number of benzene rings is 1. The van der Waals surface area contributed by atoms with E-state index in [4.69, 9.17) is 10.5 Å². The summed E-state index contributed by atoms with van der Waals surface area (Å²) in [5, 5.41) is 5.48. The molecule has 0 spiro atoms. The Balaban J connectivity index is 3.26. The van der Waals surface area contributed by atoms with Gasteiger partial charge in [0.25, 0.3) is 0 Å². The number of carbonyl (C=O) groups excluding carboxylic acids is 4. The van der Waals surface area contributed by atoms with Crippen molar-refractivity contribution >= 4 is 23.8 Å². The van der Waals surface area contributed by atoms with E-state index in [-0.39, 0.29) is 18.7 Å². The Morgan fingerprint density at radius 1 is 1.11 bits per heavy atom. The first-order valence-electron chi connectivity index (χ1n) is 12.2. The highest BCUT2D eigenvalue weighted by atomic mass is 16.6. The molecule has 0 saturated carbocycles. The largest absolute Gasteiger partial charge is 0.444 e. The number of hydrogen-bond donors (Lipinski definition) is 3. The summed E-state index contributed by atoms with van der Waals surface area (Å²) in [6.45, 7) is 11.5. The summed E-state index contributed by atoms with van der Waals surface area (Å²) in [6, 6.07) is 3.67. The molecule has 0 aliphatic carbocycles. The molecular formula is C26H42N4O5. The number of nitrogens with two attached hydrogens (primary N) is 1. The van der Waals surface area contributed by atoms with Crippen LogP contribution in [0.15, 0.2) is 18.2 Å². The highest BCUT2D eigenvalue weighted by Crippen LogP contribution is 2.25. The number of nitrogens with one attached hydrogen (secondary N) is 2. The molecular weight excluding hydrogens is 448 g/mol. The molecule has 0 aliphatic rings. The van der Waals surface area contributed by atoms with Gasteiger partial charge in [0.15, 0.2) is 0 Å². The Kier molecular flexibility index (Phi) is 11.7. The lowest BCUT2D eigenvalue weighted by Crippen LogP contribution is -2.52. The van der Waals surface area contributed by atoms with E-state index in [1.54, 1.807) is 20.8 Å². The molecule has 2 unspecified atom stereocenters. The molecule has 0 aliphatic heterocycles. The summed E-state index contributed by atoms with van der Waals surface area (Å²) in [5.74, 6) is -1.43. The Labute approximate surface area is 209 Å². The third-order valence-electron chi connectivity index (χ3n) is 5.45. The van der Waals surface area contributed by atoms with Crippen LogP contribution in [-0.4, -0.2) is 54.0 Å². The average Bonchev–Trinajstić information content (AvgIpc) is 2.73. The lowest BCUT2D eigenvalue weighted by molar-refractivity contribution is -0.141. The van der Waals surface area contributed by atoms with Gasteiger partial charge in [-0.2, -0.15) is 0 Å². The average molecular weight is 491 g/mol. The minimum atomic E-state index is -1.09. The van der Waals surface area contributed by atoms with Gasteiger partial charge in [-0.3, -0.25) is 14.4 Å². The number of carbonyl (C=O) groups is 4. The van der Waals surface area contributed by atoms with E-state index in [2.05, 4.69) is 17.6 Å². The summed E-state index contributed by atoms with van der Waals surface area (Å²) in [7, 11) is 1.52. The monoisotopic (exact) mass is 490 g/mol. The van der Waals surface area contributed by atoms with Crippen molar-refractivity contribution in [1.29, 1.82) is 0 Å². The second-order valence-corrected chi connectivity index (χ2v) is 9.91. The molecule has 0 fully saturated rings. The molecule has 0 radical (unpaired) electrons. The molecule has 35 heavy (non-hydrogen) atoms. The van der Waals surface area contributed by atoms with Crippen molar-refractivity contribution in [2.24, 2.45) is 5.73 Å². The SMILES string of the molecule is CCCCCNC(=O)C(c1ccc(C)cc1C)N(C)C(=O)C(CCC(N)=O)NC(=O)OC(C)(C)C. The maximum absolute atomic E-state index is 13.6. The van der Waals surface area contributed by atoms with E-state index in [1.165, 1.54) is 11.9 Å². The Bertz CT molecular complexity index is 894. The first-order chi connectivity index (χ1) is 16.3. The van der Waals surface area contributed by atoms with E-state index in [0.717, 1.165) is 30.4 Å². The molecule has 0 heterocycles. The molecule has 1 aromatic rings. The van der Waals surface area contributed by atoms with Crippen LogP contribution in [0.3, 0.4) is 0 Å². The van der Waals surface area contributed by atoms with Gasteiger partial charge in [0, 0.05) is 20.0 Å². The Morgan fingerprint density at radius 2 is 1.77 bits per heavy atom. The number of hydrogen-bond acceptors (Lipinski definition) is 5. The van der Waals surface area contributed by atoms with Crippen LogP contribution >= 0.6 is 0 Å². The zero-order chi connectivity index (χ0) is 26.8. The van der Waals surface area contributed by atoms with Crippen molar-refractivity contribution in [1.82, 2.24) is 15.5 Å². The maximum Gasteiger partial charge on any atom is 0.408 e. The predicted molar refractivity (Wildman–Crippen MR) is 136 cm³/mol. The topological polar surface area (TPSA) is 131 Å². The van der Waals surface area contributed by atoms with Crippen LogP contribution in [-0.2, 0) is 19.1 Å². The lowest BCUT2D eigenvalue weighted by atomic mass is 9.96. The quantitative estimate of drug-likeness (QED) is 0.387. The minimum absolute atomic E-state index is 0.0184. The fraction of sp³-hybridized carbons (Fsp3) is 0.615. The van der Waals surface area contributed by atoms with Gasteiger partial charge in [-0.1, -0.05) is 43.5 Å². The van der Waals surface area contributed by atoms with Crippen molar-refractivity contribution in [3.63, 3.8) is 0 Å². The van der Waals surface area contributed by atoms with Crippen LogP contribution in [0.5, 0.6) is 0 Å². The predicted octanol–water partition coefficient (Wildman–Crippen LogP) is 3.27. The van der Waals surface area contributed by atoms with E-state index < -0.39 is 35.6 Å². The van der Waals surface area contributed by atoms with Crippen molar-refractivity contribution in [3.8, 4) is 0 Å². The van der Waals surface area contributed by atoms with E-state index in [1.807, 2.05) is 32.0 Å². The maximum atomic E-state index is 13.6. The number of rotatable bonds is 12. The molecule has 4 amide bonds. The normalized spacial score (nSPS) is 12.9. The molecule has 4 N–H and O–H groups in total. The third-order valence-corrected chi connectivity index (χ3v) is 5.45. The molecule has 9 heteroatoms. The van der Waals surface area contributed by atoms with Crippen LogP contribution in [0.2, 0.25) is 0 Å². The fourth-order valence-corrected chi connectivity index (χ4v) is 3.71. The second kappa shape index (κ2) is 13.7. The Morgan fingerprint density at radius 3 is 2.31 bits per heavy atom. The van der Waals surface area contributed by atoms with Crippen molar-refractivity contribution in [2.75, 3.05) is 13.6 Å². The van der Waals surface area contributed by atoms with Gasteiger partial charge in [-0.05, 0) is 58.6 Å². The third kappa shape index (κ3) is 10.4. The minimum Gasteiger partial charge on any atom is -0.444 e. The molecule has 0 aromatic heterocycles. The number of nitrogens with zero attached hydrogens (tertiary/aromatic N) is 1. The summed E-state index contributed by atoms with van der Waals surface area (Å²) < 4.78 is 5.29.